The van der Waals surface area contributed by atoms with Crippen molar-refractivity contribution in [3.05, 3.63) is 23.2 Å². The summed E-state index contributed by atoms with van der Waals surface area (Å²) in [5.41, 5.74) is 0.871. The van der Waals surface area contributed by atoms with Gasteiger partial charge in [0.1, 0.15) is 5.75 Å². The van der Waals surface area contributed by atoms with Crippen LogP contribution in [0.2, 0.25) is 5.02 Å². The number of likely N-dealkylation sites (N-methyl/N-ethyl adjacent to an activating group) is 2. The van der Waals surface area contributed by atoms with Gasteiger partial charge in [0.05, 0.1) is 18.9 Å². The van der Waals surface area contributed by atoms with Crippen molar-refractivity contribution in [2.45, 2.75) is 6.10 Å². The van der Waals surface area contributed by atoms with Crippen molar-refractivity contribution in [3.63, 3.8) is 0 Å². The first-order chi connectivity index (χ1) is 8.08. The van der Waals surface area contributed by atoms with E-state index < -0.39 is 6.10 Å². The van der Waals surface area contributed by atoms with Crippen LogP contribution in [0.5, 0.6) is 5.75 Å². The number of benzene rings is 1. The fourth-order valence-electron chi connectivity index (χ4n) is 1.68. The van der Waals surface area contributed by atoms with Crippen molar-refractivity contribution in [2.24, 2.45) is 0 Å². The number of rotatable bonds is 6. The van der Waals surface area contributed by atoms with Crippen LogP contribution < -0.4 is 15.0 Å². The van der Waals surface area contributed by atoms with Gasteiger partial charge in [0, 0.05) is 25.2 Å². The first kappa shape index (κ1) is 14.1. The SMILES string of the molecule is CNCC(O)CN(C)c1cc(Cl)ccc1OC. The zero-order valence-electron chi connectivity index (χ0n) is 10.4. The highest BCUT2D eigenvalue weighted by Gasteiger charge is 2.12. The molecule has 0 radical (unpaired) electrons. The van der Waals surface area contributed by atoms with Crippen LogP contribution >= 0.6 is 11.6 Å². The number of hydrogen-bond donors (Lipinski definition) is 2. The van der Waals surface area contributed by atoms with Crippen molar-refractivity contribution >= 4 is 17.3 Å². The van der Waals surface area contributed by atoms with E-state index in [0.717, 1.165) is 11.4 Å². The second kappa shape index (κ2) is 6.69. The molecule has 4 nitrogen and oxygen atoms in total. The third-order valence-electron chi connectivity index (χ3n) is 2.48. The molecule has 0 spiro atoms. The van der Waals surface area contributed by atoms with Gasteiger partial charge in [0.15, 0.2) is 0 Å². The number of anilines is 1. The molecule has 0 heterocycles. The minimum atomic E-state index is -0.436. The smallest absolute Gasteiger partial charge is 0.142 e. The van der Waals surface area contributed by atoms with E-state index in [1.165, 1.54) is 0 Å². The van der Waals surface area contributed by atoms with E-state index in [2.05, 4.69) is 5.32 Å². The molecule has 1 atom stereocenters. The quantitative estimate of drug-likeness (QED) is 0.809. The highest BCUT2D eigenvalue weighted by Crippen LogP contribution is 2.30. The lowest BCUT2D eigenvalue weighted by atomic mass is 10.2. The van der Waals surface area contributed by atoms with Crippen molar-refractivity contribution in [1.82, 2.24) is 5.32 Å². The lowest BCUT2D eigenvalue weighted by Gasteiger charge is -2.24. The number of aliphatic hydroxyl groups is 1. The Morgan fingerprint density at radius 2 is 2.24 bits per heavy atom. The van der Waals surface area contributed by atoms with E-state index in [9.17, 15) is 5.11 Å². The maximum absolute atomic E-state index is 9.74. The molecule has 0 amide bonds. The van der Waals surface area contributed by atoms with Crippen molar-refractivity contribution < 1.29 is 9.84 Å². The van der Waals surface area contributed by atoms with Crippen LogP contribution in [0.15, 0.2) is 18.2 Å². The molecule has 1 aromatic rings. The Kier molecular flexibility index (Phi) is 5.55. The standard InChI is InChI=1S/C12H19ClN2O2/c1-14-7-10(16)8-15(2)11-6-9(13)4-5-12(11)17-3/h4-6,10,14,16H,7-8H2,1-3H3. The monoisotopic (exact) mass is 258 g/mol. The molecule has 17 heavy (non-hydrogen) atoms. The highest BCUT2D eigenvalue weighted by atomic mass is 35.5. The molecule has 0 aliphatic rings. The molecule has 0 aliphatic heterocycles. The number of ether oxygens (including phenoxy) is 1. The third-order valence-corrected chi connectivity index (χ3v) is 2.71. The minimum Gasteiger partial charge on any atom is -0.495 e. The molecule has 0 bridgehead atoms. The summed E-state index contributed by atoms with van der Waals surface area (Å²) in [6.07, 6.45) is -0.436. The fraction of sp³-hybridized carbons (Fsp3) is 0.500. The van der Waals surface area contributed by atoms with Gasteiger partial charge >= 0.3 is 0 Å². The van der Waals surface area contributed by atoms with Crippen molar-refractivity contribution in [1.29, 1.82) is 0 Å². The molecule has 1 unspecified atom stereocenters. The molecule has 2 N–H and O–H groups in total. The van der Waals surface area contributed by atoms with Crippen LogP contribution in [-0.4, -0.2) is 45.5 Å². The van der Waals surface area contributed by atoms with Crippen molar-refractivity contribution in [2.75, 3.05) is 39.2 Å². The van der Waals surface area contributed by atoms with Crippen molar-refractivity contribution in [3.8, 4) is 5.75 Å². The average Bonchev–Trinajstić information content (AvgIpc) is 2.29. The van der Waals surface area contributed by atoms with Crippen LogP contribution in [0, 0.1) is 0 Å². The minimum absolute atomic E-state index is 0.436. The Hall–Kier alpha value is -0.970. The summed E-state index contributed by atoms with van der Waals surface area (Å²) >= 11 is 5.96. The topological polar surface area (TPSA) is 44.7 Å². The number of aliphatic hydroxyl groups excluding tert-OH is 1. The Bertz CT molecular complexity index is 360. The largest absolute Gasteiger partial charge is 0.495 e. The van der Waals surface area contributed by atoms with Gasteiger partial charge in [-0.05, 0) is 25.2 Å². The zero-order valence-corrected chi connectivity index (χ0v) is 11.2. The summed E-state index contributed by atoms with van der Waals surface area (Å²) in [4.78, 5) is 1.92. The fourth-order valence-corrected chi connectivity index (χ4v) is 1.84. The van der Waals surface area contributed by atoms with E-state index in [0.29, 0.717) is 18.1 Å². The Balaban J connectivity index is 2.79. The van der Waals surface area contributed by atoms with Gasteiger partial charge in [-0.1, -0.05) is 11.6 Å². The number of methoxy groups -OCH3 is 1. The van der Waals surface area contributed by atoms with E-state index in [1.54, 1.807) is 13.2 Å². The van der Waals surface area contributed by atoms with E-state index in [-0.39, 0.29) is 0 Å². The van der Waals surface area contributed by atoms with E-state index in [1.807, 2.05) is 31.1 Å². The predicted octanol–water partition coefficient (Wildman–Crippen LogP) is 1.37. The Morgan fingerprint density at radius 1 is 1.53 bits per heavy atom. The first-order valence-corrected chi connectivity index (χ1v) is 5.83. The molecule has 5 heteroatoms. The van der Waals surface area contributed by atoms with Crippen LogP contribution in [-0.2, 0) is 0 Å². The summed E-state index contributed by atoms with van der Waals surface area (Å²) in [5.74, 6) is 0.744. The van der Waals surface area contributed by atoms with Gasteiger partial charge < -0.3 is 20.1 Å². The van der Waals surface area contributed by atoms with E-state index in [4.69, 9.17) is 16.3 Å². The number of nitrogens with one attached hydrogen (secondary N) is 1. The van der Waals surface area contributed by atoms with Gasteiger partial charge in [-0.15, -0.1) is 0 Å². The maximum atomic E-state index is 9.74. The molecular formula is C12H19ClN2O2. The lowest BCUT2D eigenvalue weighted by Crippen LogP contribution is -2.35. The van der Waals surface area contributed by atoms with E-state index >= 15 is 0 Å². The maximum Gasteiger partial charge on any atom is 0.142 e. The summed E-state index contributed by atoms with van der Waals surface area (Å²) in [5, 5.41) is 13.3. The van der Waals surface area contributed by atoms with Gasteiger partial charge in [-0.2, -0.15) is 0 Å². The molecule has 0 saturated heterocycles. The highest BCUT2D eigenvalue weighted by molar-refractivity contribution is 6.30. The molecule has 0 aliphatic carbocycles. The number of halogens is 1. The number of nitrogens with zero attached hydrogens (tertiary/aromatic N) is 1. The normalized spacial score (nSPS) is 12.3. The Labute approximate surface area is 107 Å². The summed E-state index contributed by atoms with van der Waals surface area (Å²) in [6, 6.07) is 5.42. The molecule has 96 valence electrons. The third kappa shape index (κ3) is 4.07. The summed E-state index contributed by atoms with van der Waals surface area (Å²) < 4.78 is 5.27. The number of hydrogen-bond acceptors (Lipinski definition) is 4. The second-order valence-electron chi connectivity index (χ2n) is 3.91. The van der Waals surface area contributed by atoms with Crippen LogP contribution in [0.1, 0.15) is 0 Å². The van der Waals surface area contributed by atoms with Crippen LogP contribution in [0.25, 0.3) is 0 Å². The summed E-state index contributed by atoms with van der Waals surface area (Å²) in [6.45, 7) is 1.06. The van der Waals surface area contributed by atoms with Gasteiger partial charge in [0.2, 0.25) is 0 Å². The predicted molar refractivity (Wildman–Crippen MR) is 71.2 cm³/mol. The zero-order chi connectivity index (χ0) is 12.8. The van der Waals surface area contributed by atoms with Gasteiger partial charge in [-0.25, -0.2) is 0 Å². The van der Waals surface area contributed by atoms with Crippen LogP contribution in [0.3, 0.4) is 0 Å². The lowest BCUT2D eigenvalue weighted by molar-refractivity contribution is 0.181. The molecule has 0 aromatic heterocycles. The Morgan fingerprint density at radius 3 is 2.82 bits per heavy atom. The van der Waals surface area contributed by atoms with Gasteiger partial charge in [0.25, 0.3) is 0 Å². The summed E-state index contributed by atoms with van der Waals surface area (Å²) in [7, 11) is 5.32. The molecular weight excluding hydrogens is 240 g/mol. The second-order valence-corrected chi connectivity index (χ2v) is 4.34. The molecule has 0 fully saturated rings. The molecule has 1 rings (SSSR count). The van der Waals surface area contributed by atoms with Gasteiger partial charge in [-0.3, -0.25) is 0 Å². The average molecular weight is 259 g/mol. The first-order valence-electron chi connectivity index (χ1n) is 5.45. The van der Waals surface area contributed by atoms with Crippen LogP contribution in [0.4, 0.5) is 5.69 Å². The molecule has 1 aromatic carbocycles. The molecule has 0 saturated carbocycles.